The summed E-state index contributed by atoms with van der Waals surface area (Å²) in [4.78, 5) is 13.7. The molecule has 0 amide bonds. The maximum Gasteiger partial charge on any atom is 0.323 e. The number of hydrogen-bond donors (Lipinski definition) is 1. The average Bonchev–Trinajstić information content (AvgIpc) is 2.61. The zero-order valence-corrected chi connectivity index (χ0v) is 11.2. The van der Waals surface area contributed by atoms with Crippen molar-refractivity contribution in [2.24, 2.45) is 11.1 Å². The van der Waals surface area contributed by atoms with Gasteiger partial charge in [0, 0.05) is 6.54 Å². The van der Waals surface area contributed by atoms with Crippen molar-refractivity contribution in [3.05, 3.63) is 0 Å². The topological polar surface area (TPSA) is 55.6 Å². The fourth-order valence-electron chi connectivity index (χ4n) is 1.97. The van der Waals surface area contributed by atoms with E-state index < -0.39 is 0 Å². The number of hydrogen-bond acceptors (Lipinski definition) is 4. The van der Waals surface area contributed by atoms with Gasteiger partial charge in [0.2, 0.25) is 0 Å². The number of carbonyl (C=O) groups excluding carboxylic acids is 1. The third-order valence-electron chi connectivity index (χ3n) is 3.26. The monoisotopic (exact) mass is 250 g/mol. The lowest BCUT2D eigenvalue weighted by Crippen LogP contribution is -2.40. The summed E-state index contributed by atoms with van der Waals surface area (Å²) in [6.07, 6.45) is 1.06. The van der Waals surface area contributed by atoms with Gasteiger partial charge in [-0.05, 0) is 38.8 Å². The van der Waals surface area contributed by atoms with E-state index in [0.29, 0.717) is 13.2 Å². The highest BCUT2D eigenvalue weighted by Gasteiger charge is 2.36. The van der Waals surface area contributed by atoms with Gasteiger partial charge < -0.3 is 10.5 Å². The van der Waals surface area contributed by atoms with Gasteiger partial charge in [-0.25, -0.2) is 0 Å². The predicted molar refractivity (Wildman–Crippen MR) is 66.7 cm³/mol. The maximum atomic E-state index is 11.5. The first-order valence-corrected chi connectivity index (χ1v) is 5.63. The Morgan fingerprint density at radius 3 is 2.69 bits per heavy atom. The highest BCUT2D eigenvalue weighted by atomic mass is 35.5. The first-order chi connectivity index (χ1) is 7.02. The molecule has 0 saturated carbocycles. The molecule has 1 aliphatic heterocycles. The Morgan fingerprint density at radius 2 is 2.25 bits per heavy atom. The summed E-state index contributed by atoms with van der Waals surface area (Å²) in [5, 5.41) is 0. The average molecular weight is 251 g/mol. The Hall–Kier alpha value is -0.320. The summed E-state index contributed by atoms with van der Waals surface area (Å²) in [5.74, 6) is -0.126. The molecule has 0 aliphatic carbocycles. The molecule has 0 spiro atoms. The highest BCUT2D eigenvalue weighted by molar-refractivity contribution is 5.85. The normalized spacial score (nSPS) is 27.2. The Labute approximate surface area is 104 Å². The second kappa shape index (κ2) is 6.42. The Balaban J connectivity index is 0.00000225. The minimum Gasteiger partial charge on any atom is -0.465 e. The molecular weight excluding hydrogens is 228 g/mol. The van der Waals surface area contributed by atoms with Crippen molar-refractivity contribution in [2.45, 2.75) is 33.2 Å². The van der Waals surface area contributed by atoms with Crippen LogP contribution in [0.3, 0.4) is 0 Å². The van der Waals surface area contributed by atoms with Crippen molar-refractivity contribution < 1.29 is 9.53 Å². The molecule has 4 nitrogen and oxygen atoms in total. The quantitative estimate of drug-likeness (QED) is 0.758. The van der Waals surface area contributed by atoms with Gasteiger partial charge in [0.15, 0.2) is 0 Å². The number of esters is 1. The summed E-state index contributed by atoms with van der Waals surface area (Å²) in [7, 11) is 0. The molecule has 2 unspecified atom stereocenters. The summed E-state index contributed by atoms with van der Waals surface area (Å²) in [5.41, 5.74) is 5.89. The molecule has 1 fully saturated rings. The zero-order chi connectivity index (χ0) is 11.5. The summed E-state index contributed by atoms with van der Waals surface area (Å²) in [6, 6.07) is -0.140. The summed E-state index contributed by atoms with van der Waals surface area (Å²) in [6.45, 7) is 8.87. The molecule has 0 aromatic rings. The molecule has 1 rings (SSSR count). The molecular formula is C11H23ClN2O2. The predicted octanol–water partition coefficient (Wildman–Crippen LogP) is 1.03. The van der Waals surface area contributed by atoms with Crippen molar-refractivity contribution >= 4 is 18.4 Å². The summed E-state index contributed by atoms with van der Waals surface area (Å²) < 4.78 is 5.01. The van der Waals surface area contributed by atoms with Gasteiger partial charge >= 0.3 is 5.97 Å². The van der Waals surface area contributed by atoms with E-state index in [1.165, 1.54) is 0 Å². The lowest BCUT2D eigenvalue weighted by molar-refractivity contribution is -0.148. The van der Waals surface area contributed by atoms with Crippen molar-refractivity contribution in [2.75, 3.05) is 26.2 Å². The molecule has 16 heavy (non-hydrogen) atoms. The van der Waals surface area contributed by atoms with Crippen molar-refractivity contribution in [1.82, 2.24) is 4.90 Å². The Kier molecular flexibility index (Phi) is 6.30. The Bertz CT molecular complexity index is 238. The van der Waals surface area contributed by atoms with Crippen molar-refractivity contribution in [3.63, 3.8) is 0 Å². The standard InChI is InChI=1S/C11H22N2O2.ClH/c1-4-15-10(14)9(2)13-6-5-11(3,7-12)8-13;/h9H,4-8,12H2,1-3H3;1H. The minimum atomic E-state index is -0.140. The van der Waals surface area contributed by atoms with Crippen LogP contribution in [0, 0.1) is 5.41 Å². The molecule has 2 N–H and O–H groups in total. The molecule has 5 heteroatoms. The van der Waals surface area contributed by atoms with E-state index in [1.54, 1.807) is 0 Å². The van der Waals surface area contributed by atoms with Crippen LogP contribution in [0.15, 0.2) is 0 Å². The first-order valence-electron chi connectivity index (χ1n) is 5.63. The number of carbonyl (C=O) groups is 1. The van der Waals surface area contributed by atoms with Crippen LogP contribution in [-0.2, 0) is 9.53 Å². The third-order valence-corrected chi connectivity index (χ3v) is 3.26. The molecule has 2 atom stereocenters. The zero-order valence-electron chi connectivity index (χ0n) is 10.4. The van der Waals surface area contributed by atoms with Gasteiger partial charge in [-0.15, -0.1) is 12.4 Å². The van der Waals surface area contributed by atoms with Gasteiger partial charge in [-0.1, -0.05) is 6.92 Å². The van der Waals surface area contributed by atoms with Crippen LogP contribution in [0.4, 0.5) is 0 Å². The molecule has 96 valence electrons. The van der Waals surface area contributed by atoms with E-state index in [2.05, 4.69) is 11.8 Å². The maximum absolute atomic E-state index is 11.5. The number of likely N-dealkylation sites (tertiary alicyclic amines) is 1. The van der Waals surface area contributed by atoms with Gasteiger partial charge in [-0.2, -0.15) is 0 Å². The minimum absolute atomic E-state index is 0. The van der Waals surface area contributed by atoms with Crippen LogP contribution in [0.1, 0.15) is 27.2 Å². The molecule has 1 heterocycles. The van der Waals surface area contributed by atoms with Gasteiger partial charge in [-0.3, -0.25) is 9.69 Å². The van der Waals surface area contributed by atoms with Crippen molar-refractivity contribution in [3.8, 4) is 0 Å². The molecule has 1 saturated heterocycles. The van der Waals surface area contributed by atoms with E-state index in [4.69, 9.17) is 10.5 Å². The van der Waals surface area contributed by atoms with E-state index in [9.17, 15) is 4.79 Å². The van der Waals surface area contributed by atoms with Crippen LogP contribution in [0.25, 0.3) is 0 Å². The second-order valence-electron chi connectivity index (χ2n) is 4.66. The molecule has 0 radical (unpaired) electrons. The van der Waals surface area contributed by atoms with Crippen LogP contribution >= 0.6 is 12.4 Å². The van der Waals surface area contributed by atoms with Crippen LogP contribution in [0.5, 0.6) is 0 Å². The van der Waals surface area contributed by atoms with Crippen LogP contribution in [-0.4, -0.2) is 43.2 Å². The molecule has 0 aromatic carbocycles. The number of halogens is 1. The first kappa shape index (κ1) is 15.7. The van der Waals surface area contributed by atoms with E-state index >= 15 is 0 Å². The lowest BCUT2D eigenvalue weighted by atomic mass is 9.90. The van der Waals surface area contributed by atoms with Gasteiger partial charge in [0.25, 0.3) is 0 Å². The largest absolute Gasteiger partial charge is 0.465 e. The van der Waals surface area contributed by atoms with E-state index in [1.807, 2.05) is 13.8 Å². The highest BCUT2D eigenvalue weighted by Crippen LogP contribution is 2.29. The van der Waals surface area contributed by atoms with E-state index in [0.717, 1.165) is 19.5 Å². The van der Waals surface area contributed by atoms with Gasteiger partial charge in [0.1, 0.15) is 6.04 Å². The van der Waals surface area contributed by atoms with Crippen LogP contribution < -0.4 is 5.73 Å². The fourth-order valence-corrected chi connectivity index (χ4v) is 1.97. The van der Waals surface area contributed by atoms with Gasteiger partial charge in [0.05, 0.1) is 6.61 Å². The molecule has 1 aliphatic rings. The number of nitrogens with two attached hydrogens (primary N) is 1. The number of rotatable bonds is 4. The van der Waals surface area contributed by atoms with Crippen LogP contribution in [0.2, 0.25) is 0 Å². The molecule has 0 bridgehead atoms. The second-order valence-corrected chi connectivity index (χ2v) is 4.66. The number of ether oxygens (including phenoxy) is 1. The third kappa shape index (κ3) is 3.61. The van der Waals surface area contributed by atoms with E-state index in [-0.39, 0.29) is 29.8 Å². The smallest absolute Gasteiger partial charge is 0.323 e. The number of nitrogens with zero attached hydrogens (tertiary/aromatic N) is 1. The molecule has 0 aromatic heterocycles. The summed E-state index contributed by atoms with van der Waals surface area (Å²) >= 11 is 0. The lowest BCUT2D eigenvalue weighted by Gasteiger charge is -2.25. The van der Waals surface area contributed by atoms with Crippen molar-refractivity contribution in [1.29, 1.82) is 0 Å². The SMILES string of the molecule is CCOC(=O)C(C)N1CCC(C)(CN)C1.Cl. The Morgan fingerprint density at radius 1 is 1.62 bits per heavy atom. The fraction of sp³-hybridized carbons (Fsp3) is 0.909.